The lowest BCUT2D eigenvalue weighted by molar-refractivity contribution is -0.385. The topological polar surface area (TPSA) is 101 Å². The van der Waals surface area contributed by atoms with E-state index in [9.17, 15) is 27.7 Å². The highest BCUT2D eigenvalue weighted by Gasteiger charge is 2.39. The summed E-state index contributed by atoms with van der Waals surface area (Å²) in [5.74, 6) is -4.17. The number of nitro benzene ring substituents is 1. The van der Waals surface area contributed by atoms with Gasteiger partial charge in [-0.25, -0.2) is 17.6 Å². The number of nitrogen functional groups attached to an aromatic ring is 1. The summed E-state index contributed by atoms with van der Waals surface area (Å²) in [6, 6.07) is 11.1. The van der Waals surface area contributed by atoms with Crippen molar-refractivity contribution in [2.45, 2.75) is 75.3 Å². The zero-order chi connectivity index (χ0) is 34.5. The van der Waals surface area contributed by atoms with Crippen molar-refractivity contribution in [2.24, 2.45) is 0 Å². The molecule has 4 fully saturated rings. The minimum absolute atomic E-state index is 0.00899. The number of anilines is 3. The molecular weight excluding hydrogens is 632 g/mol. The number of methoxy groups -OCH3 is 2. The van der Waals surface area contributed by atoms with Crippen LogP contribution in [0.25, 0.3) is 0 Å². The maximum atomic E-state index is 13.6. The lowest BCUT2D eigenvalue weighted by Gasteiger charge is -2.42. The van der Waals surface area contributed by atoms with Crippen LogP contribution in [0.15, 0.2) is 36.4 Å². The van der Waals surface area contributed by atoms with Gasteiger partial charge in [0.05, 0.1) is 37.9 Å². The molecule has 4 aliphatic heterocycles. The molecule has 4 saturated heterocycles. The third-order valence-corrected chi connectivity index (χ3v) is 10.1. The van der Waals surface area contributed by atoms with Crippen molar-refractivity contribution < 1.29 is 32.0 Å². The first-order valence-corrected chi connectivity index (χ1v) is 16.9. The molecule has 4 aliphatic rings. The fraction of sp³-hybridized carbons (Fsp3) is 0.647. The normalized spacial score (nSPS) is 22.5. The molecule has 0 atom stereocenters. The van der Waals surface area contributed by atoms with Crippen LogP contribution in [0.1, 0.15) is 51.4 Å². The van der Waals surface area contributed by atoms with Crippen molar-refractivity contribution in [3.8, 4) is 11.5 Å². The van der Waals surface area contributed by atoms with Crippen LogP contribution in [0.3, 0.4) is 0 Å². The molecule has 2 N–H and O–H groups in total. The van der Waals surface area contributed by atoms with Crippen molar-refractivity contribution in [1.29, 1.82) is 0 Å². The third-order valence-electron chi connectivity index (χ3n) is 10.1. The fourth-order valence-electron chi connectivity index (χ4n) is 7.50. The Morgan fingerprint density at radius 3 is 1.58 bits per heavy atom. The van der Waals surface area contributed by atoms with Crippen LogP contribution in [0, 0.1) is 10.1 Å². The Morgan fingerprint density at radius 2 is 1.17 bits per heavy atom. The van der Waals surface area contributed by atoms with Gasteiger partial charge in [-0.05, 0) is 69.8 Å². The predicted octanol–water partition coefficient (Wildman–Crippen LogP) is 6.28. The van der Waals surface area contributed by atoms with Crippen molar-refractivity contribution in [2.75, 3.05) is 82.1 Å². The Morgan fingerprint density at radius 1 is 0.729 bits per heavy atom. The van der Waals surface area contributed by atoms with E-state index in [0.29, 0.717) is 24.3 Å². The Bertz CT molecular complexity index is 1390. The standard InChI is InChI=1S/C17H23F2N3O3.C17H25F2N3O/c1-25-16-11-14(3-4-15(16)22(23)24)20-9-5-13(6-10-20)21-8-2-7-17(18,19)12-21;1-23-16-11-14(3-4-15(16)20)21-9-5-13(6-10-21)22-8-2-7-17(18,19)12-22/h3-4,11,13H,2,5-10,12H2,1H3;3-4,11,13H,2,5-10,12,20H2,1H3. The van der Waals surface area contributed by atoms with Crippen LogP contribution in [0.5, 0.6) is 11.5 Å². The highest BCUT2D eigenvalue weighted by atomic mass is 19.3. The Hall–Kier alpha value is -3.52. The van der Waals surface area contributed by atoms with E-state index in [-0.39, 0.29) is 49.5 Å². The third kappa shape index (κ3) is 8.93. The minimum atomic E-state index is -2.57. The van der Waals surface area contributed by atoms with Crippen LogP contribution in [0.4, 0.5) is 40.3 Å². The molecule has 10 nitrogen and oxygen atoms in total. The number of likely N-dealkylation sites (tertiary alicyclic amines) is 2. The second-order valence-corrected chi connectivity index (χ2v) is 13.3. The summed E-state index contributed by atoms with van der Waals surface area (Å²) in [5, 5.41) is 11.0. The van der Waals surface area contributed by atoms with Crippen molar-refractivity contribution in [1.82, 2.24) is 9.80 Å². The number of hydrogen-bond acceptors (Lipinski definition) is 9. The van der Waals surface area contributed by atoms with E-state index >= 15 is 0 Å². The van der Waals surface area contributed by atoms with Gasteiger partial charge >= 0.3 is 5.69 Å². The van der Waals surface area contributed by atoms with E-state index in [2.05, 4.69) is 9.80 Å². The maximum absolute atomic E-state index is 13.6. The molecule has 0 spiro atoms. The molecular formula is C34H48F4N6O4. The first kappa shape index (κ1) is 35.8. The number of nitrogens with two attached hydrogens (primary N) is 1. The van der Waals surface area contributed by atoms with Gasteiger partial charge in [-0.15, -0.1) is 0 Å². The molecule has 0 saturated carbocycles. The molecule has 0 amide bonds. The van der Waals surface area contributed by atoms with Crippen LogP contribution >= 0.6 is 0 Å². The van der Waals surface area contributed by atoms with Crippen molar-refractivity contribution in [3.05, 3.63) is 46.5 Å². The van der Waals surface area contributed by atoms with Gasteiger partial charge in [-0.2, -0.15) is 0 Å². The van der Waals surface area contributed by atoms with E-state index in [0.717, 1.165) is 76.3 Å². The largest absolute Gasteiger partial charge is 0.495 e. The maximum Gasteiger partial charge on any atom is 0.311 e. The van der Waals surface area contributed by atoms with E-state index < -0.39 is 16.8 Å². The quantitative estimate of drug-likeness (QED) is 0.157. The second-order valence-electron chi connectivity index (χ2n) is 13.3. The molecule has 0 bridgehead atoms. The SMILES string of the molecule is COc1cc(N2CCC(N3CCCC(F)(F)C3)CC2)ccc1N.COc1cc(N2CCC(N3CCCC(F)(F)C3)CC2)ccc1[N+](=O)[O-]. The highest BCUT2D eigenvalue weighted by Crippen LogP contribution is 2.35. The van der Waals surface area contributed by atoms with Crippen molar-refractivity contribution in [3.63, 3.8) is 0 Å². The van der Waals surface area contributed by atoms with Crippen molar-refractivity contribution >= 4 is 22.7 Å². The molecule has 0 unspecified atom stereocenters. The van der Waals surface area contributed by atoms with Crippen LogP contribution in [-0.4, -0.2) is 105 Å². The monoisotopic (exact) mass is 680 g/mol. The number of nitro groups is 1. The van der Waals surface area contributed by atoms with Gasteiger partial charge in [0, 0.05) is 80.7 Å². The number of alkyl halides is 4. The summed E-state index contributed by atoms with van der Waals surface area (Å²) in [7, 11) is 3.02. The molecule has 6 rings (SSSR count). The molecule has 0 aromatic heterocycles. The van der Waals surface area contributed by atoms with Gasteiger partial charge in [0.2, 0.25) is 0 Å². The van der Waals surface area contributed by atoms with Gasteiger partial charge in [0.15, 0.2) is 5.75 Å². The zero-order valence-corrected chi connectivity index (χ0v) is 27.9. The smallest absolute Gasteiger partial charge is 0.311 e. The van der Waals surface area contributed by atoms with Crippen LogP contribution in [0.2, 0.25) is 0 Å². The zero-order valence-electron chi connectivity index (χ0n) is 27.9. The summed E-state index contributed by atoms with van der Waals surface area (Å²) in [6.45, 7) is 4.57. The van der Waals surface area contributed by atoms with E-state index in [1.54, 1.807) is 19.2 Å². The Balaban J connectivity index is 0.000000188. The first-order chi connectivity index (χ1) is 22.9. The summed E-state index contributed by atoms with van der Waals surface area (Å²) in [4.78, 5) is 18.8. The fourth-order valence-corrected chi connectivity index (χ4v) is 7.50. The summed E-state index contributed by atoms with van der Waals surface area (Å²) >= 11 is 0. The summed E-state index contributed by atoms with van der Waals surface area (Å²) in [6.07, 6.45) is 4.64. The van der Waals surface area contributed by atoms with Gasteiger partial charge in [-0.1, -0.05) is 0 Å². The molecule has 4 heterocycles. The number of hydrogen-bond donors (Lipinski definition) is 1. The molecule has 0 aliphatic carbocycles. The molecule has 0 radical (unpaired) electrons. The summed E-state index contributed by atoms with van der Waals surface area (Å²) in [5.41, 5.74) is 8.37. The van der Waals surface area contributed by atoms with E-state index in [4.69, 9.17) is 15.2 Å². The number of nitrogens with zero attached hydrogens (tertiary/aromatic N) is 5. The molecule has 2 aromatic rings. The second kappa shape index (κ2) is 15.4. The number of ether oxygens (including phenoxy) is 2. The number of benzene rings is 2. The van der Waals surface area contributed by atoms with Gasteiger partial charge in [-0.3, -0.25) is 19.9 Å². The van der Waals surface area contributed by atoms with Gasteiger partial charge in [0.1, 0.15) is 5.75 Å². The van der Waals surface area contributed by atoms with Crippen LogP contribution in [-0.2, 0) is 0 Å². The Kier molecular flexibility index (Phi) is 11.4. The van der Waals surface area contributed by atoms with E-state index in [1.165, 1.54) is 13.2 Å². The lowest BCUT2D eigenvalue weighted by Crippen LogP contribution is -2.51. The highest BCUT2D eigenvalue weighted by molar-refractivity contribution is 5.62. The minimum Gasteiger partial charge on any atom is -0.495 e. The number of halogens is 4. The molecule has 266 valence electrons. The van der Waals surface area contributed by atoms with Gasteiger partial charge < -0.3 is 25.0 Å². The predicted molar refractivity (Wildman–Crippen MR) is 179 cm³/mol. The molecule has 2 aromatic carbocycles. The average Bonchev–Trinajstić information content (AvgIpc) is 3.07. The van der Waals surface area contributed by atoms with Gasteiger partial charge in [0.25, 0.3) is 11.8 Å². The number of piperidine rings is 4. The van der Waals surface area contributed by atoms with Crippen LogP contribution < -0.4 is 25.0 Å². The lowest BCUT2D eigenvalue weighted by atomic mass is 9.98. The summed E-state index contributed by atoms with van der Waals surface area (Å²) < 4.78 is 64.8. The molecule has 48 heavy (non-hydrogen) atoms. The Labute approximate surface area is 279 Å². The van der Waals surface area contributed by atoms with E-state index in [1.807, 2.05) is 28.0 Å². The molecule has 14 heteroatoms. The average molecular weight is 681 g/mol. The first-order valence-electron chi connectivity index (χ1n) is 16.9. The number of rotatable bonds is 7.